The van der Waals surface area contributed by atoms with E-state index in [1.165, 1.54) is 18.6 Å². The van der Waals surface area contributed by atoms with Crippen molar-refractivity contribution in [1.29, 1.82) is 0 Å². The molecule has 1 aromatic carbocycles. The van der Waals surface area contributed by atoms with E-state index < -0.39 is 11.7 Å². The lowest BCUT2D eigenvalue weighted by Gasteiger charge is -2.20. The molecular weight excluding hydrogens is 269 g/mol. The van der Waals surface area contributed by atoms with Gasteiger partial charge in [-0.2, -0.15) is 0 Å². The second kappa shape index (κ2) is 8.01. The Hall–Kier alpha value is -1.58. The predicted molar refractivity (Wildman–Crippen MR) is 84.1 cm³/mol. The number of carbonyl (C=O) groups is 1. The molecule has 0 radical (unpaired) electrons. The fourth-order valence-electron chi connectivity index (χ4n) is 2.05. The van der Waals surface area contributed by atoms with Gasteiger partial charge >= 0.3 is 6.09 Å². The lowest BCUT2D eigenvalue weighted by atomic mass is 10.0. The molecule has 118 valence electrons. The molecule has 1 amide bonds. The van der Waals surface area contributed by atoms with Crippen LogP contribution in [0.25, 0.3) is 0 Å². The number of rotatable bonds is 6. The first-order chi connectivity index (χ1) is 9.81. The molecule has 0 fully saturated rings. The van der Waals surface area contributed by atoms with Crippen LogP contribution < -0.4 is 5.32 Å². The quantitative estimate of drug-likeness (QED) is 0.724. The number of unbranched alkanes of at least 4 members (excludes halogenated alkanes) is 3. The largest absolute Gasteiger partial charge is 0.444 e. The highest BCUT2D eigenvalue weighted by atomic mass is 19.1. The molecule has 4 heteroatoms. The van der Waals surface area contributed by atoms with Crippen LogP contribution in [0.4, 0.5) is 14.9 Å². The van der Waals surface area contributed by atoms with E-state index >= 15 is 0 Å². The van der Waals surface area contributed by atoms with E-state index in [2.05, 4.69) is 12.2 Å². The van der Waals surface area contributed by atoms with Crippen molar-refractivity contribution >= 4 is 11.8 Å². The smallest absolute Gasteiger partial charge is 0.412 e. The number of hydrogen-bond acceptors (Lipinski definition) is 2. The van der Waals surface area contributed by atoms with Gasteiger partial charge in [-0.3, -0.25) is 5.32 Å². The van der Waals surface area contributed by atoms with E-state index in [9.17, 15) is 9.18 Å². The topological polar surface area (TPSA) is 38.3 Å². The summed E-state index contributed by atoms with van der Waals surface area (Å²) in [7, 11) is 0. The fourth-order valence-corrected chi connectivity index (χ4v) is 2.05. The van der Waals surface area contributed by atoms with Gasteiger partial charge in [0.25, 0.3) is 0 Å². The molecule has 0 aliphatic heterocycles. The van der Waals surface area contributed by atoms with Crippen molar-refractivity contribution in [2.24, 2.45) is 0 Å². The van der Waals surface area contributed by atoms with Gasteiger partial charge in [0, 0.05) is 5.69 Å². The van der Waals surface area contributed by atoms with E-state index in [-0.39, 0.29) is 5.82 Å². The molecule has 0 saturated heterocycles. The van der Waals surface area contributed by atoms with Crippen LogP contribution in [0.3, 0.4) is 0 Å². The highest BCUT2D eigenvalue weighted by Gasteiger charge is 2.17. The average Bonchev–Trinajstić information content (AvgIpc) is 2.35. The van der Waals surface area contributed by atoms with E-state index in [1.54, 1.807) is 6.07 Å². The number of anilines is 1. The lowest BCUT2D eigenvalue weighted by molar-refractivity contribution is 0.0635. The number of nitrogens with one attached hydrogen (secondary N) is 1. The predicted octanol–water partition coefficient (Wildman–Crippen LogP) is 5.30. The van der Waals surface area contributed by atoms with Gasteiger partial charge in [0.1, 0.15) is 11.4 Å². The van der Waals surface area contributed by atoms with Gasteiger partial charge in [-0.25, -0.2) is 9.18 Å². The summed E-state index contributed by atoms with van der Waals surface area (Å²) in [4.78, 5) is 11.8. The normalized spacial score (nSPS) is 11.3. The Labute approximate surface area is 126 Å². The first kappa shape index (κ1) is 17.5. The van der Waals surface area contributed by atoms with E-state index in [0.717, 1.165) is 31.2 Å². The molecule has 0 heterocycles. The van der Waals surface area contributed by atoms with Crippen LogP contribution in [0.15, 0.2) is 18.2 Å². The third-order valence-corrected chi connectivity index (χ3v) is 3.00. The van der Waals surface area contributed by atoms with Gasteiger partial charge < -0.3 is 4.74 Å². The van der Waals surface area contributed by atoms with E-state index in [0.29, 0.717) is 5.69 Å². The SMILES string of the molecule is CCCCCCc1cc(F)ccc1NC(=O)OC(C)(C)C. The standard InChI is InChI=1S/C17H26FNO2/c1-5-6-7-8-9-13-12-14(18)10-11-15(13)19-16(20)21-17(2,3)4/h10-12H,5-9H2,1-4H3,(H,19,20). The van der Waals surface area contributed by atoms with Crippen LogP contribution in [-0.2, 0) is 11.2 Å². The summed E-state index contributed by atoms with van der Waals surface area (Å²) in [6.45, 7) is 7.58. The van der Waals surface area contributed by atoms with Gasteiger partial charge in [-0.05, 0) is 57.4 Å². The number of carbonyl (C=O) groups excluding carboxylic acids is 1. The zero-order chi connectivity index (χ0) is 15.9. The monoisotopic (exact) mass is 295 g/mol. The number of hydrogen-bond donors (Lipinski definition) is 1. The average molecular weight is 295 g/mol. The van der Waals surface area contributed by atoms with Crippen LogP contribution in [0.2, 0.25) is 0 Å². The zero-order valence-corrected chi connectivity index (χ0v) is 13.5. The molecule has 0 atom stereocenters. The van der Waals surface area contributed by atoms with Crippen molar-refractivity contribution < 1.29 is 13.9 Å². The molecule has 0 aliphatic carbocycles. The summed E-state index contributed by atoms with van der Waals surface area (Å²) in [5, 5.41) is 2.71. The van der Waals surface area contributed by atoms with Crippen molar-refractivity contribution in [1.82, 2.24) is 0 Å². The summed E-state index contributed by atoms with van der Waals surface area (Å²) in [5.74, 6) is -0.282. The molecule has 1 aromatic rings. The number of aryl methyl sites for hydroxylation is 1. The summed E-state index contributed by atoms with van der Waals surface area (Å²) in [5.41, 5.74) is 0.893. The van der Waals surface area contributed by atoms with Crippen molar-refractivity contribution in [3.63, 3.8) is 0 Å². The van der Waals surface area contributed by atoms with Gasteiger partial charge in [0.15, 0.2) is 0 Å². The Balaban J connectivity index is 2.70. The van der Waals surface area contributed by atoms with Crippen LogP contribution in [0.1, 0.15) is 58.9 Å². The first-order valence-electron chi connectivity index (χ1n) is 7.60. The maximum atomic E-state index is 13.4. The summed E-state index contributed by atoms with van der Waals surface area (Å²) in [6, 6.07) is 4.43. The molecule has 1 N–H and O–H groups in total. The van der Waals surface area contributed by atoms with Crippen molar-refractivity contribution in [3.05, 3.63) is 29.6 Å². The number of halogens is 1. The molecule has 0 aliphatic rings. The van der Waals surface area contributed by atoms with Crippen LogP contribution in [0.5, 0.6) is 0 Å². The van der Waals surface area contributed by atoms with Crippen molar-refractivity contribution in [2.45, 2.75) is 65.4 Å². The minimum absolute atomic E-state index is 0.282. The van der Waals surface area contributed by atoms with Crippen LogP contribution >= 0.6 is 0 Å². The summed E-state index contributed by atoms with van der Waals surface area (Å²) < 4.78 is 18.6. The third kappa shape index (κ3) is 7.11. The maximum absolute atomic E-state index is 13.4. The Kier molecular flexibility index (Phi) is 6.66. The Morgan fingerprint density at radius 1 is 1.24 bits per heavy atom. The second-order valence-electron chi connectivity index (χ2n) is 6.24. The molecule has 0 spiro atoms. The Morgan fingerprint density at radius 3 is 2.57 bits per heavy atom. The zero-order valence-electron chi connectivity index (χ0n) is 13.5. The minimum Gasteiger partial charge on any atom is -0.444 e. The Morgan fingerprint density at radius 2 is 1.95 bits per heavy atom. The molecule has 0 unspecified atom stereocenters. The molecular formula is C17H26FNO2. The van der Waals surface area contributed by atoms with Crippen LogP contribution in [-0.4, -0.2) is 11.7 Å². The first-order valence-corrected chi connectivity index (χ1v) is 7.60. The molecule has 0 saturated carbocycles. The minimum atomic E-state index is -0.550. The molecule has 1 rings (SSSR count). The van der Waals surface area contributed by atoms with Gasteiger partial charge in [-0.15, -0.1) is 0 Å². The van der Waals surface area contributed by atoms with Crippen molar-refractivity contribution in [2.75, 3.05) is 5.32 Å². The highest BCUT2D eigenvalue weighted by molar-refractivity contribution is 5.85. The number of benzene rings is 1. The van der Waals surface area contributed by atoms with Gasteiger partial charge in [-0.1, -0.05) is 26.2 Å². The molecule has 0 bridgehead atoms. The molecule has 3 nitrogen and oxygen atoms in total. The highest BCUT2D eigenvalue weighted by Crippen LogP contribution is 2.21. The summed E-state index contributed by atoms with van der Waals surface area (Å²) in [6.07, 6.45) is 4.67. The molecule has 21 heavy (non-hydrogen) atoms. The Bertz CT molecular complexity index is 466. The summed E-state index contributed by atoms with van der Waals surface area (Å²) >= 11 is 0. The van der Waals surface area contributed by atoms with Crippen LogP contribution in [0, 0.1) is 5.82 Å². The van der Waals surface area contributed by atoms with E-state index in [1.807, 2.05) is 20.8 Å². The third-order valence-electron chi connectivity index (χ3n) is 3.00. The lowest BCUT2D eigenvalue weighted by Crippen LogP contribution is -2.27. The maximum Gasteiger partial charge on any atom is 0.412 e. The van der Waals surface area contributed by atoms with Crippen molar-refractivity contribution in [3.8, 4) is 0 Å². The van der Waals surface area contributed by atoms with Gasteiger partial charge in [0.05, 0.1) is 0 Å². The number of ether oxygens (including phenoxy) is 1. The van der Waals surface area contributed by atoms with E-state index in [4.69, 9.17) is 4.74 Å². The van der Waals surface area contributed by atoms with Gasteiger partial charge in [0.2, 0.25) is 0 Å². The fraction of sp³-hybridized carbons (Fsp3) is 0.588. The number of amides is 1. The molecule has 0 aromatic heterocycles. The second-order valence-corrected chi connectivity index (χ2v) is 6.24.